The number of carbonyl (C=O) groups is 1. The van der Waals surface area contributed by atoms with Crippen molar-refractivity contribution < 1.29 is 18.4 Å². The first-order valence-corrected chi connectivity index (χ1v) is 8.34. The monoisotopic (exact) mass is 320 g/mol. The van der Waals surface area contributed by atoms with Crippen LogP contribution in [0, 0.1) is 0 Å². The molecular weight excluding hydrogens is 304 g/mol. The molecule has 0 saturated carbocycles. The summed E-state index contributed by atoms with van der Waals surface area (Å²) >= 11 is 0. The molecule has 6 nitrogen and oxygen atoms in total. The minimum absolute atomic E-state index is 0.0149. The number of para-hydroxylation sites is 1. The molecule has 2 aromatic carbocycles. The number of benzene rings is 2. The average Bonchev–Trinajstić information content (AvgIpc) is 2.49. The summed E-state index contributed by atoms with van der Waals surface area (Å²) in [7, 11) is -3.50. The number of hydrogen-bond acceptors (Lipinski definition) is 4. The van der Waals surface area contributed by atoms with Gasteiger partial charge in [0, 0.05) is 0 Å². The molecule has 0 aromatic heterocycles. The predicted molar refractivity (Wildman–Crippen MR) is 83.5 cm³/mol. The summed E-state index contributed by atoms with van der Waals surface area (Å²) in [6.45, 7) is 0. The number of carbonyl (C=O) groups excluding carboxylic acids is 1. The van der Waals surface area contributed by atoms with E-state index >= 15 is 0 Å². The van der Waals surface area contributed by atoms with Crippen LogP contribution in [0.5, 0.6) is 0 Å². The van der Waals surface area contributed by atoms with E-state index in [0.29, 0.717) is 16.9 Å². The fraction of sp³-hybridized carbons (Fsp3) is 0.133. The topological polar surface area (TPSA) is 86.7 Å². The molecule has 1 amide bonds. The molecule has 2 rings (SSSR count). The first-order valence-electron chi connectivity index (χ1n) is 6.49. The highest BCUT2D eigenvalue weighted by molar-refractivity contribution is 7.92. The van der Waals surface area contributed by atoms with Crippen molar-refractivity contribution in [1.29, 1.82) is 0 Å². The SMILES string of the molecule is CS(=O)(=O)N(c1ccccc1)c1ccc(CC(=O)NO)cc1. The third kappa shape index (κ3) is 3.84. The largest absolute Gasteiger partial charge is 0.289 e. The average molecular weight is 320 g/mol. The van der Waals surface area contributed by atoms with Crippen LogP contribution < -0.4 is 9.79 Å². The molecular formula is C15H16N2O4S. The molecule has 7 heteroatoms. The second-order valence-electron chi connectivity index (χ2n) is 4.74. The van der Waals surface area contributed by atoms with Gasteiger partial charge in [-0.1, -0.05) is 30.3 Å². The number of nitrogens with zero attached hydrogens (tertiary/aromatic N) is 1. The van der Waals surface area contributed by atoms with Gasteiger partial charge < -0.3 is 0 Å². The zero-order valence-corrected chi connectivity index (χ0v) is 12.7. The lowest BCUT2D eigenvalue weighted by molar-refractivity contribution is -0.128. The Bertz CT molecular complexity index is 743. The smallest absolute Gasteiger partial charge is 0.247 e. The van der Waals surface area contributed by atoms with Crippen molar-refractivity contribution in [2.24, 2.45) is 0 Å². The van der Waals surface area contributed by atoms with Gasteiger partial charge in [0.1, 0.15) is 0 Å². The van der Waals surface area contributed by atoms with Gasteiger partial charge in [-0.2, -0.15) is 0 Å². The zero-order chi connectivity index (χ0) is 16.2. The molecule has 0 aliphatic carbocycles. The third-order valence-corrected chi connectivity index (χ3v) is 4.07. The summed E-state index contributed by atoms with van der Waals surface area (Å²) in [5.74, 6) is -0.532. The van der Waals surface area contributed by atoms with E-state index in [2.05, 4.69) is 0 Å². The van der Waals surface area contributed by atoms with Crippen molar-refractivity contribution >= 4 is 27.3 Å². The third-order valence-electron chi connectivity index (χ3n) is 2.98. The number of hydroxylamine groups is 1. The van der Waals surface area contributed by atoms with Crippen LogP contribution in [-0.4, -0.2) is 25.8 Å². The maximum atomic E-state index is 12.1. The number of rotatable bonds is 5. The van der Waals surface area contributed by atoms with Gasteiger partial charge in [0.25, 0.3) is 0 Å². The minimum Gasteiger partial charge on any atom is -0.289 e. The summed E-state index contributed by atoms with van der Waals surface area (Å²) < 4.78 is 25.4. The summed E-state index contributed by atoms with van der Waals surface area (Å²) in [6.07, 6.45) is 1.15. The normalized spacial score (nSPS) is 11.0. The van der Waals surface area contributed by atoms with E-state index in [4.69, 9.17) is 5.21 Å². The number of sulfonamides is 1. The highest BCUT2D eigenvalue weighted by Gasteiger charge is 2.19. The Morgan fingerprint density at radius 3 is 2.09 bits per heavy atom. The van der Waals surface area contributed by atoms with Gasteiger partial charge in [-0.15, -0.1) is 0 Å². The zero-order valence-electron chi connectivity index (χ0n) is 11.9. The Morgan fingerprint density at radius 2 is 1.59 bits per heavy atom. The van der Waals surface area contributed by atoms with Gasteiger partial charge in [-0.05, 0) is 29.8 Å². The first-order chi connectivity index (χ1) is 10.4. The highest BCUT2D eigenvalue weighted by Crippen LogP contribution is 2.28. The van der Waals surface area contributed by atoms with Crippen molar-refractivity contribution in [3.63, 3.8) is 0 Å². The van der Waals surface area contributed by atoms with Crippen LogP contribution in [0.15, 0.2) is 54.6 Å². The van der Waals surface area contributed by atoms with E-state index in [1.165, 1.54) is 4.31 Å². The second-order valence-corrected chi connectivity index (χ2v) is 6.57. The van der Waals surface area contributed by atoms with Gasteiger partial charge >= 0.3 is 0 Å². The molecule has 2 aromatic rings. The highest BCUT2D eigenvalue weighted by atomic mass is 32.2. The van der Waals surface area contributed by atoms with Crippen LogP contribution in [0.2, 0.25) is 0 Å². The maximum absolute atomic E-state index is 12.1. The molecule has 0 heterocycles. The van der Waals surface area contributed by atoms with Crippen LogP contribution in [0.4, 0.5) is 11.4 Å². The molecule has 0 aliphatic rings. The Balaban J connectivity index is 2.36. The lowest BCUT2D eigenvalue weighted by atomic mass is 10.1. The lowest BCUT2D eigenvalue weighted by Gasteiger charge is -2.22. The van der Waals surface area contributed by atoms with Crippen LogP contribution in [0.1, 0.15) is 5.56 Å². The van der Waals surface area contributed by atoms with Crippen molar-refractivity contribution in [1.82, 2.24) is 5.48 Å². The van der Waals surface area contributed by atoms with Gasteiger partial charge in [-0.3, -0.25) is 10.0 Å². The van der Waals surface area contributed by atoms with Crippen molar-refractivity contribution in [3.8, 4) is 0 Å². The Labute approximate surface area is 129 Å². The van der Waals surface area contributed by atoms with E-state index in [1.807, 2.05) is 0 Å². The quantitative estimate of drug-likeness (QED) is 0.650. The standard InChI is InChI=1S/C15H16N2O4S/c1-22(20,21)17(13-5-3-2-4-6-13)14-9-7-12(8-10-14)11-15(18)16-19/h2-10,19H,11H2,1H3,(H,16,18). The Kier molecular flexibility index (Phi) is 4.79. The molecule has 0 atom stereocenters. The van der Waals surface area contributed by atoms with Crippen LogP contribution in [0.25, 0.3) is 0 Å². The van der Waals surface area contributed by atoms with E-state index in [0.717, 1.165) is 6.26 Å². The minimum atomic E-state index is -3.50. The molecule has 0 unspecified atom stereocenters. The first kappa shape index (κ1) is 16.0. The lowest BCUT2D eigenvalue weighted by Crippen LogP contribution is -2.24. The molecule has 2 N–H and O–H groups in total. The van der Waals surface area contributed by atoms with Gasteiger partial charge in [0.2, 0.25) is 15.9 Å². The number of hydrogen-bond donors (Lipinski definition) is 2. The van der Waals surface area contributed by atoms with Crippen molar-refractivity contribution in [3.05, 3.63) is 60.2 Å². The molecule has 0 spiro atoms. The van der Waals surface area contributed by atoms with Crippen LogP contribution >= 0.6 is 0 Å². The van der Waals surface area contributed by atoms with Crippen LogP contribution in [-0.2, 0) is 21.2 Å². The summed E-state index contributed by atoms with van der Waals surface area (Å²) in [6, 6.07) is 15.3. The Hall–Kier alpha value is -2.38. The number of nitrogens with one attached hydrogen (secondary N) is 1. The van der Waals surface area contributed by atoms with Crippen molar-refractivity contribution in [2.45, 2.75) is 6.42 Å². The van der Waals surface area contributed by atoms with Crippen molar-refractivity contribution in [2.75, 3.05) is 10.6 Å². The second kappa shape index (κ2) is 6.59. The summed E-state index contributed by atoms with van der Waals surface area (Å²) in [5.41, 5.74) is 3.23. The van der Waals surface area contributed by atoms with E-state index in [1.54, 1.807) is 60.1 Å². The van der Waals surface area contributed by atoms with E-state index < -0.39 is 15.9 Å². The maximum Gasteiger partial charge on any atom is 0.247 e. The fourth-order valence-corrected chi connectivity index (χ4v) is 3.08. The van der Waals surface area contributed by atoms with Gasteiger partial charge in [-0.25, -0.2) is 18.2 Å². The van der Waals surface area contributed by atoms with E-state index in [-0.39, 0.29) is 6.42 Å². The van der Waals surface area contributed by atoms with Gasteiger partial charge in [0.05, 0.1) is 24.1 Å². The summed E-state index contributed by atoms with van der Waals surface area (Å²) in [4.78, 5) is 11.1. The number of amides is 1. The summed E-state index contributed by atoms with van der Waals surface area (Å²) in [5, 5.41) is 8.51. The van der Waals surface area contributed by atoms with Crippen LogP contribution in [0.3, 0.4) is 0 Å². The van der Waals surface area contributed by atoms with E-state index in [9.17, 15) is 13.2 Å². The molecule has 116 valence electrons. The molecule has 0 radical (unpaired) electrons. The fourth-order valence-electron chi connectivity index (χ4n) is 2.07. The molecule has 0 fully saturated rings. The molecule has 0 bridgehead atoms. The Morgan fingerprint density at radius 1 is 1.05 bits per heavy atom. The molecule has 0 saturated heterocycles. The predicted octanol–water partition coefficient (Wildman–Crippen LogP) is 1.83. The number of anilines is 2. The molecule has 0 aliphatic heterocycles. The van der Waals surface area contributed by atoms with Gasteiger partial charge in [0.15, 0.2) is 0 Å². The molecule has 22 heavy (non-hydrogen) atoms.